The van der Waals surface area contributed by atoms with Gasteiger partial charge in [-0.2, -0.15) is 5.26 Å². The minimum Gasteiger partial charge on any atom is -0.504 e. The number of methoxy groups -OCH3 is 1. The van der Waals surface area contributed by atoms with Gasteiger partial charge in [0.15, 0.2) is 23.0 Å². The van der Waals surface area contributed by atoms with Crippen LogP contribution in [-0.2, 0) is 0 Å². The van der Waals surface area contributed by atoms with Crippen LogP contribution in [0.5, 0.6) is 11.5 Å². The molecule has 0 atom stereocenters. The maximum atomic E-state index is 10.7. The Labute approximate surface area is 107 Å². The number of aromatic nitrogens is 1. The number of nitrogens with zero attached hydrogens (tertiary/aromatic N) is 2. The summed E-state index contributed by atoms with van der Waals surface area (Å²) in [6, 6.07) is 5.76. The maximum Gasteiger partial charge on any atom is 0.358 e. The van der Waals surface area contributed by atoms with Gasteiger partial charge in [0.2, 0.25) is 0 Å². The number of hydrogen-bond donors (Lipinski definition) is 2. The summed E-state index contributed by atoms with van der Waals surface area (Å²) in [5, 5.41) is 30.9. The van der Waals surface area contributed by atoms with Crippen LogP contribution in [0.4, 0.5) is 0 Å². The lowest BCUT2D eigenvalue weighted by atomic mass is 10.1. The van der Waals surface area contributed by atoms with Gasteiger partial charge in [-0.05, 0) is 6.07 Å². The molecule has 0 amide bonds. The van der Waals surface area contributed by atoms with Gasteiger partial charge in [0.05, 0.1) is 24.3 Å². The van der Waals surface area contributed by atoms with Gasteiger partial charge in [0.25, 0.3) is 0 Å². The van der Waals surface area contributed by atoms with Crippen molar-refractivity contribution in [1.82, 2.24) is 5.16 Å². The number of ether oxygens (including phenoxy) is 1. The average Bonchev–Trinajstić information content (AvgIpc) is 2.88. The van der Waals surface area contributed by atoms with E-state index in [4.69, 9.17) is 19.6 Å². The molecule has 0 aliphatic carbocycles. The smallest absolute Gasteiger partial charge is 0.358 e. The Bertz CT molecular complexity index is 684. The van der Waals surface area contributed by atoms with Crippen molar-refractivity contribution >= 4 is 5.97 Å². The molecule has 1 aromatic heterocycles. The molecule has 2 aromatic rings. The lowest BCUT2D eigenvalue weighted by Crippen LogP contribution is -1.94. The summed E-state index contributed by atoms with van der Waals surface area (Å²) in [6.45, 7) is 0. The molecule has 0 aliphatic rings. The van der Waals surface area contributed by atoms with E-state index in [-0.39, 0.29) is 34.1 Å². The van der Waals surface area contributed by atoms with E-state index < -0.39 is 5.97 Å². The predicted molar refractivity (Wildman–Crippen MR) is 61.8 cm³/mol. The van der Waals surface area contributed by atoms with Gasteiger partial charge >= 0.3 is 5.97 Å². The second kappa shape index (κ2) is 4.70. The normalized spacial score (nSPS) is 9.89. The van der Waals surface area contributed by atoms with Crippen LogP contribution in [0.3, 0.4) is 0 Å². The van der Waals surface area contributed by atoms with Crippen molar-refractivity contribution in [3.63, 3.8) is 0 Å². The van der Waals surface area contributed by atoms with E-state index >= 15 is 0 Å². The van der Waals surface area contributed by atoms with Gasteiger partial charge in [-0.15, -0.1) is 0 Å². The molecule has 1 aromatic carbocycles. The fourth-order valence-corrected chi connectivity index (χ4v) is 1.52. The highest BCUT2D eigenvalue weighted by atomic mass is 16.5. The highest BCUT2D eigenvalue weighted by molar-refractivity contribution is 5.87. The molecule has 7 heteroatoms. The number of phenols is 1. The molecule has 0 unspecified atom stereocenters. The number of carbonyl (C=O) groups is 1. The summed E-state index contributed by atoms with van der Waals surface area (Å²) < 4.78 is 9.76. The average molecular weight is 260 g/mol. The summed E-state index contributed by atoms with van der Waals surface area (Å²) in [6.07, 6.45) is 0. The molecule has 0 saturated carbocycles. The second-order valence-electron chi connectivity index (χ2n) is 3.57. The third kappa shape index (κ3) is 2.19. The molecule has 0 aliphatic heterocycles. The van der Waals surface area contributed by atoms with Crippen LogP contribution in [-0.4, -0.2) is 28.4 Å². The monoisotopic (exact) mass is 260 g/mol. The fraction of sp³-hybridized carbons (Fsp3) is 0.0833. The van der Waals surface area contributed by atoms with Gasteiger partial charge in [0.1, 0.15) is 0 Å². The molecule has 19 heavy (non-hydrogen) atoms. The van der Waals surface area contributed by atoms with E-state index in [0.717, 1.165) is 6.07 Å². The van der Waals surface area contributed by atoms with Gasteiger partial charge in [-0.25, -0.2) is 4.79 Å². The standard InChI is InChI=1S/C12H8N2O5/c1-18-10-3-6(5-13)2-7(11(10)15)9-4-8(12(16)17)14-19-9/h2-4,15H,1H3,(H,16,17). The van der Waals surface area contributed by atoms with Crippen LogP contribution < -0.4 is 4.74 Å². The third-order valence-corrected chi connectivity index (χ3v) is 2.42. The Morgan fingerprint density at radius 3 is 2.74 bits per heavy atom. The van der Waals surface area contributed by atoms with Crippen molar-refractivity contribution in [2.45, 2.75) is 0 Å². The van der Waals surface area contributed by atoms with E-state index in [9.17, 15) is 9.90 Å². The molecule has 96 valence electrons. The number of aromatic carboxylic acids is 1. The first-order valence-corrected chi connectivity index (χ1v) is 5.08. The molecular formula is C12H8N2O5. The first-order chi connectivity index (χ1) is 9.06. The van der Waals surface area contributed by atoms with Gasteiger partial charge in [-0.1, -0.05) is 5.16 Å². The number of rotatable bonds is 3. The third-order valence-electron chi connectivity index (χ3n) is 2.42. The van der Waals surface area contributed by atoms with Crippen molar-refractivity contribution < 1.29 is 24.3 Å². The van der Waals surface area contributed by atoms with Crippen LogP contribution >= 0.6 is 0 Å². The van der Waals surface area contributed by atoms with E-state index in [2.05, 4.69) is 5.16 Å². The lowest BCUT2D eigenvalue weighted by Gasteiger charge is -2.07. The van der Waals surface area contributed by atoms with Crippen molar-refractivity contribution in [2.75, 3.05) is 7.11 Å². The summed E-state index contributed by atoms with van der Waals surface area (Å²) in [5.74, 6) is -1.39. The van der Waals surface area contributed by atoms with E-state index in [1.807, 2.05) is 6.07 Å². The molecule has 0 radical (unpaired) electrons. The quantitative estimate of drug-likeness (QED) is 0.861. The molecule has 0 saturated heterocycles. The zero-order valence-electron chi connectivity index (χ0n) is 9.75. The van der Waals surface area contributed by atoms with Crippen LogP contribution in [0.25, 0.3) is 11.3 Å². The Balaban J connectivity index is 2.60. The van der Waals surface area contributed by atoms with Crippen LogP contribution in [0, 0.1) is 11.3 Å². The van der Waals surface area contributed by atoms with Crippen molar-refractivity contribution in [1.29, 1.82) is 5.26 Å². The molecule has 0 bridgehead atoms. The molecule has 7 nitrogen and oxygen atoms in total. The minimum absolute atomic E-state index is 0.0327. The van der Waals surface area contributed by atoms with E-state index in [0.29, 0.717) is 0 Å². The SMILES string of the molecule is COc1cc(C#N)cc(-c2cc(C(=O)O)no2)c1O. The van der Waals surface area contributed by atoms with Crippen LogP contribution in [0.1, 0.15) is 16.1 Å². The zero-order chi connectivity index (χ0) is 14.0. The Morgan fingerprint density at radius 2 is 2.21 bits per heavy atom. The number of aromatic hydroxyl groups is 1. The number of carboxylic acid groups (broad SMARTS) is 1. The summed E-state index contributed by atoms with van der Waals surface area (Å²) in [4.78, 5) is 10.7. The van der Waals surface area contributed by atoms with Crippen molar-refractivity contribution in [3.8, 4) is 28.9 Å². The molecule has 2 rings (SSSR count). The number of carboxylic acids is 1. The zero-order valence-corrected chi connectivity index (χ0v) is 9.75. The first-order valence-electron chi connectivity index (χ1n) is 5.08. The molecule has 1 heterocycles. The summed E-state index contributed by atoms with van der Waals surface area (Å²) in [5.41, 5.74) is 0.0737. The maximum absolute atomic E-state index is 10.7. The molecule has 2 N–H and O–H groups in total. The van der Waals surface area contributed by atoms with Crippen LogP contribution in [0.15, 0.2) is 22.7 Å². The van der Waals surface area contributed by atoms with Crippen molar-refractivity contribution in [2.24, 2.45) is 0 Å². The number of hydrogen-bond acceptors (Lipinski definition) is 6. The largest absolute Gasteiger partial charge is 0.504 e. The van der Waals surface area contributed by atoms with Gasteiger partial charge in [0, 0.05) is 12.1 Å². The lowest BCUT2D eigenvalue weighted by molar-refractivity contribution is 0.0686. The van der Waals surface area contributed by atoms with Crippen LogP contribution in [0.2, 0.25) is 0 Å². The second-order valence-corrected chi connectivity index (χ2v) is 3.57. The molecular weight excluding hydrogens is 252 g/mol. The highest BCUT2D eigenvalue weighted by Gasteiger charge is 2.18. The molecule has 0 spiro atoms. The fourth-order valence-electron chi connectivity index (χ4n) is 1.52. The number of nitriles is 1. The number of benzene rings is 1. The van der Waals surface area contributed by atoms with E-state index in [1.165, 1.54) is 19.2 Å². The van der Waals surface area contributed by atoms with Gasteiger partial charge < -0.3 is 19.5 Å². The Morgan fingerprint density at radius 1 is 1.47 bits per heavy atom. The Kier molecular flexibility index (Phi) is 3.08. The van der Waals surface area contributed by atoms with E-state index in [1.54, 1.807) is 0 Å². The van der Waals surface area contributed by atoms with Crippen molar-refractivity contribution in [3.05, 3.63) is 29.5 Å². The van der Waals surface area contributed by atoms with Gasteiger partial charge in [-0.3, -0.25) is 0 Å². The first kappa shape index (κ1) is 12.4. The summed E-state index contributed by atoms with van der Waals surface area (Å²) >= 11 is 0. The Hall–Kier alpha value is -3.01. The predicted octanol–water partition coefficient (Wildman–Crippen LogP) is 1.63. The highest BCUT2D eigenvalue weighted by Crippen LogP contribution is 2.38. The summed E-state index contributed by atoms with van der Waals surface area (Å²) in [7, 11) is 1.34. The number of phenolic OH excluding ortho intramolecular Hbond substituents is 1. The molecule has 0 fully saturated rings. The minimum atomic E-state index is -1.25. The topological polar surface area (TPSA) is 117 Å².